The Bertz CT molecular complexity index is 321. The standard InChI is InChI=1S/C22H44O2.C2H6O2/c1-6-8-10-12-13-15-17-20(16-14-11-9-7-2)18-21(23)24-19-22(3,4)5;3-1-2-4/h20H,6-19H2,1-5H3;3-4H,1-2H2. The van der Waals surface area contributed by atoms with E-state index in [9.17, 15) is 4.79 Å². The topological polar surface area (TPSA) is 66.8 Å². The van der Waals surface area contributed by atoms with Gasteiger partial charge < -0.3 is 14.9 Å². The predicted octanol–water partition coefficient (Wildman–Crippen LogP) is 6.27. The lowest BCUT2D eigenvalue weighted by molar-refractivity contribution is -0.147. The fourth-order valence-electron chi connectivity index (χ4n) is 3.01. The Balaban J connectivity index is 0. The molecule has 0 rings (SSSR count). The van der Waals surface area contributed by atoms with Crippen LogP contribution in [-0.2, 0) is 9.53 Å². The van der Waals surface area contributed by atoms with E-state index >= 15 is 0 Å². The van der Waals surface area contributed by atoms with Crippen molar-refractivity contribution in [3.8, 4) is 0 Å². The van der Waals surface area contributed by atoms with Crippen LogP contribution in [0.25, 0.3) is 0 Å². The van der Waals surface area contributed by atoms with Gasteiger partial charge >= 0.3 is 5.97 Å². The molecule has 0 saturated heterocycles. The fourth-order valence-corrected chi connectivity index (χ4v) is 3.01. The Morgan fingerprint density at radius 1 is 0.786 bits per heavy atom. The average molecular weight is 403 g/mol. The maximum atomic E-state index is 12.1. The molecule has 4 heteroatoms. The number of rotatable bonds is 16. The van der Waals surface area contributed by atoms with Crippen molar-refractivity contribution >= 4 is 5.97 Å². The van der Waals surface area contributed by atoms with Gasteiger partial charge in [0.2, 0.25) is 0 Å². The third-order valence-corrected chi connectivity index (χ3v) is 4.65. The Hall–Kier alpha value is -0.610. The van der Waals surface area contributed by atoms with Crippen LogP contribution in [0.1, 0.15) is 118 Å². The molecule has 0 radical (unpaired) electrons. The molecule has 0 aromatic rings. The largest absolute Gasteiger partial charge is 0.465 e. The minimum atomic E-state index is -0.125. The molecular formula is C24H50O4. The lowest BCUT2D eigenvalue weighted by Gasteiger charge is -2.20. The number of hydrogen-bond donors (Lipinski definition) is 2. The third kappa shape index (κ3) is 25.4. The highest BCUT2D eigenvalue weighted by Crippen LogP contribution is 2.23. The molecule has 0 amide bonds. The second-order valence-corrected chi connectivity index (χ2v) is 9.14. The van der Waals surface area contributed by atoms with Crippen molar-refractivity contribution in [2.75, 3.05) is 19.8 Å². The van der Waals surface area contributed by atoms with Crippen LogP contribution in [0.15, 0.2) is 0 Å². The van der Waals surface area contributed by atoms with Crippen molar-refractivity contribution in [1.29, 1.82) is 0 Å². The first kappa shape index (κ1) is 29.6. The molecule has 0 spiro atoms. The first-order valence-corrected chi connectivity index (χ1v) is 11.7. The molecule has 0 fully saturated rings. The maximum absolute atomic E-state index is 12.1. The number of unbranched alkanes of at least 4 members (excludes halogenated alkanes) is 8. The number of ether oxygens (including phenoxy) is 1. The number of hydrogen-bond acceptors (Lipinski definition) is 4. The van der Waals surface area contributed by atoms with Gasteiger partial charge in [-0.3, -0.25) is 4.79 Å². The number of esters is 1. The lowest BCUT2D eigenvalue weighted by atomic mass is 9.91. The minimum absolute atomic E-state index is 0.0106. The van der Waals surface area contributed by atoms with Gasteiger partial charge in [0.1, 0.15) is 0 Å². The van der Waals surface area contributed by atoms with E-state index < -0.39 is 0 Å². The normalized spacial score (nSPS) is 12.2. The molecule has 170 valence electrons. The second-order valence-electron chi connectivity index (χ2n) is 9.14. The van der Waals surface area contributed by atoms with E-state index in [1.807, 2.05) is 0 Å². The van der Waals surface area contributed by atoms with E-state index in [0.29, 0.717) is 18.9 Å². The van der Waals surface area contributed by atoms with Crippen molar-refractivity contribution in [3.63, 3.8) is 0 Å². The molecule has 0 saturated carbocycles. The SMILES string of the molecule is CCCCCCCCC(CCCCCC)CC(=O)OCC(C)(C)C.OCCO. The lowest BCUT2D eigenvalue weighted by Crippen LogP contribution is -2.20. The maximum Gasteiger partial charge on any atom is 0.306 e. The van der Waals surface area contributed by atoms with E-state index in [1.165, 1.54) is 77.0 Å². The zero-order valence-electron chi connectivity index (χ0n) is 19.6. The monoisotopic (exact) mass is 402 g/mol. The van der Waals surface area contributed by atoms with Crippen LogP contribution in [0.5, 0.6) is 0 Å². The van der Waals surface area contributed by atoms with Crippen molar-refractivity contribution in [2.45, 2.75) is 118 Å². The van der Waals surface area contributed by atoms with Gasteiger partial charge in [0.05, 0.1) is 19.8 Å². The van der Waals surface area contributed by atoms with Crippen LogP contribution in [0.3, 0.4) is 0 Å². The van der Waals surface area contributed by atoms with E-state index in [-0.39, 0.29) is 24.6 Å². The second kappa shape index (κ2) is 21.1. The number of aliphatic hydroxyl groups excluding tert-OH is 2. The number of carbonyl (C=O) groups excluding carboxylic acids is 1. The Morgan fingerprint density at radius 2 is 1.21 bits per heavy atom. The molecule has 0 aliphatic carbocycles. The molecule has 2 N–H and O–H groups in total. The van der Waals surface area contributed by atoms with E-state index in [4.69, 9.17) is 14.9 Å². The van der Waals surface area contributed by atoms with E-state index in [2.05, 4.69) is 34.6 Å². The highest BCUT2D eigenvalue weighted by Gasteiger charge is 2.18. The summed E-state index contributed by atoms with van der Waals surface area (Å²) in [6.45, 7) is 11.1. The van der Waals surface area contributed by atoms with Crippen molar-refractivity contribution in [1.82, 2.24) is 0 Å². The molecule has 4 nitrogen and oxygen atoms in total. The van der Waals surface area contributed by atoms with Crippen LogP contribution < -0.4 is 0 Å². The Kier molecular flexibility index (Phi) is 22.3. The molecular weight excluding hydrogens is 352 g/mol. The molecule has 1 unspecified atom stereocenters. The van der Waals surface area contributed by atoms with Crippen LogP contribution >= 0.6 is 0 Å². The number of carbonyl (C=O) groups is 1. The van der Waals surface area contributed by atoms with Gasteiger partial charge in [-0.2, -0.15) is 0 Å². The third-order valence-electron chi connectivity index (χ3n) is 4.65. The highest BCUT2D eigenvalue weighted by molar-refractivity contribution is 5.69. The van der Waals surface area contributed by atoms with Crippen molar-refractivity contribution in [2.24, 2.45) is 11.3 Å². The number of aliphatic hydroxyl groups is 2. The smallest absolute Gasteiger partial charge is 0.306 e. The fraction of sp³-hybridized carbons (Fsp3) is 0.958. The van der Waals surface area contributed by atoms with Gasteiger partial charge in [0.25, 0.3) is 0 Å². The average Bonchev–Trinajstić information content (AvgIpc) is 2.65. The van der Waals surface area contributed by atoms with E-state index in [0.717, 1.165) is 0 Å². The first-order valence-electron chi connectivity index (χ1n) is 11.7. The van der Waals surface area contributed by atoms with Gasteiger partial charge in [-0.15, -0.1) is 0 Å². The van der Waals surface area contributed by atoms with Crippen molar-refractivity contribution in [3.05, 3.63) is 0 Å². The molecule has 0 heterocycles. The van der Waals surface area contributed by atoms with Gasteiger partial charge in [0, 0.05) is 6.42 Å². The van der Waals surface area contributed by atoms with Gasteiger partial charge in [-0.25, -0.2) is 0 Å². The summed E-state index contributed by atoms with van der Waals surface area (Å²) in [4.78, 5) is 12.1. The molecule has 1 atom stereocenters. The summed E-state index contributed by atoms with van der Waals surface area (Å²) in [5.74, 6) is 0.539. The molecule has 0 aliphatic rings. The van der Waals surface area contributed by atoms with Gasteiger partial charge in [0.15, 0.2) is 0 Å². The summed E-state index contributed by atoms with van der Waals surface area (Å²) in [7, 11) is 0. The minimum Gasteiger partial charge on any atom is -0.465 e. The first-order chi connectivity index (χ1) is 13.3. The summed E-state index contributed by atoms with van der Waals surface area (Å²) in [5, 5.41) is 15.2. The van der Waals surface area contributed by atoms with Crippen LogP contribution in [0.4, 0.5) is 0 Å². The predicted molar refractivity (Wildman–Crippen MR) is 119 cm³/mol. The molecule has 0 bridgehead atoms. The van der Waals surface area contributed by atoms with Crippen LogP contribution in [0, 0.1) is 11.3 Å². The summed E-state index contributed by atoms with van der Waals surface area (Å²) in [6.07, 6.45) is 16.2. The zero-order valence-corrected chi connectivity index (χ0v) is 19.6. The molecule has 0 aromatic heterocycles. The van der Waals surface area contributed by atoms with E-state index in [1.54, 1.807) is 0 Å². The summed E-state index contributed by atoms with van der Waals surface area (Å²) >= 11 is 0. The summed E-state index contributed by atoms with van der Waals surface area (Å²) < 4.78 is 5.48. The van der Waals surface area contributed by atoms with Crippen molar-refractivity contribution < 1.29 is 19.7 Å². The Labute approximate surface area is 175 Å². The van der Waals surface area contributed by atoms with Gasteiger partial charge in [-0.05, 0) is 24.2 Å². The molecule has 0 aromatic carbocycles. The molecule has 28 heavy (non-hydrogen) atoms. The van der Waals surface area contributed by atoms with Crippen LogP contribution in [-0.4, -0.2) is 36.0 Å². The quantitative estimate of drug-likeness (QED) is 0.236. The zero-order chi connectivity index (χ0) is 21.7. The highest BCUT2D eigenvalue weighted by atomic mass is 16.5. The van der Waals surface area contributed by atoms with Gasteiger partial charge in [-0.1, -0.05) is 98.8 Å². The Morgan fingerprint density at radius 3 is 1.64 bits per heavy atom. The van der Waals surface area contributed by atoms with Crippen LogP contribution in [0.2, 0.25) is 0 Å². The summed E-state index contributed by atoms with van der Waals surface area (Å²) in [5.41, 5.74) is 0.0611. The summed E-state index contributed by atoms with van der Waals surface area (Å²) in [6, 6.07) is 0. The molecule has 0 aliphatic heterocycles.